The van der Waals surface area contributed by atoms with Crippen LogP contribution in [0.25, 0.3) is 0 Å². The fraction of sp³-hybridized carbons (Fsp3) is 0.600. The van der Waals surface area contributed by atoms with Crippen molar-refractivity contribution >= 4 is 11.7 Å². The maximum atomic E-state index is 10.4. The second-order valence-corrected chi connectivity index (χ2v) is 2.01. The third-order valence-electron chi connectivity index (χ3n) is 1.12. The lowest BCUT2D eigenvalue weighted by molar-refractivity contribution is -0.140. The lowest BCUT2D eigenvalue weighted by atomic mass is 10.2. The Balaban J connectivity index is 2.55. The van der Waals surface area contributed by atoms with Crippen LogP contribution in [-0.2, 0) is 9.63 Å². The monoisotopic (exact) mass is 128 g/mol. The summed E-state index contributed by atoms with van der Waals surface area (Å²) in [7, 11) is 0. The standard InChI is InChI=1S/C5H8N2O2/c1-3(6)4-2-5(8)9-7-4/h3H,2,6H2,1H3/t3-/m0/s1. The van der Waals surface area contributed by atoms with Crippen molar-refractivity contribution in [3.63, 3.8) is 0 Å². The van der Waals surface area contributed by atoms with E-state index in [1.807, 2.05) is 0 Å². The van der Waals surface area contributed by atoms with Crippen LogP contribution in [0.3, 0.4) is 0 Å². The molecule has 0 fully saturated rings. The van der Waals surface area contributed by atoms with Gasteiger partial charge in [-0.1, -0.05) is 5.16 Å². The highest BCUT2D eigenvalue weighted by atomic mass is 16.7. The first kappa shape index (κ1) is 6.22. The van der Waals surface area contributed by atoms with Crippen LogP contribution in [0.2, 0.25) is 0 Å². The fourth-order valence-electron chi connectivity index (χ4n) is 0.566. The van der Waals surface area contributed by atoms with Gasteiger partial charge in [0, 0.05) is 6.04 Å². The molecule has 4 heteroatoms. The van der Waals surface area contributed by atoms with Gasteiger partial charge in [0.2, 0.25) is 0 Å². The van der Waals surface area contributed by atoms with Gasteiger partial charge in [0.1, 0.15) is 0 Å². The van der Waals surface area contributed by atoms with E-state index < -0.39 is 0 Å². The summed E-state index contributed by atoms with van der Waals surface area (Å²) < 4.78 is 0. The molecule has 4 nitrogen and oxygen atoms in total. The van der Waals surface area contributed by atoms with Gasteiger partial charge in [-0.2, -0.15) is 0 Å². The van der Waals surface area contributed by atoms with Gasteiger partial charge in [0.15, 0.2) is 0 Å². The van der Waals surface area contributed by atoms with E-state index in [1.54, 1.807) is 6.92 Å². The van der Waals surface area contributed by atoms with E-state index in [2.05, 4.69) is 9.99 Å². The number of nitrogens with two attached hydrogens (primary N) is 1. The molecule has 0 saturated carbocycles. The molecule has 0 bridgehead atoms. The number of oxime groups is 1. The molecular formula is C5H8N2O2. The molecule has 0 radical (unpaired) electrons. The van der Waals surface area contributed by atoms with E-state index in [9.17, 15) is 4.79 Å². The Hall–Kier alpha value is -0.900. The smallest absolute Gasteiger partial charge is 0.323 e. The van der Waals surface area contributed by atoms with Crippen molar-refractivity contribution in [2.24, 2.45) is 10.9 Å². The highest BCUT2D eigenvalue weighted by molar-refractivity contribution is 6.04. The number of carbonyl (C=O) groups is 1. The first-order valence-electron chi connectivity index (χ1n) is 2.72. The highest BCUT2D eigenvalue weighted by Gasteiger charge is 2.19. The molecular weight excluding hydrogens is 120 g/mol. The maximum absolute atomic E-state index is 10.4. The maximum Gasteiger partial charge on any atom is 0.340 e. The van der Waals surface area contributed by atoms with Gasteiger partial charge >= 0.3 is 5.97 Å². The predicted octanol–water partition coefficient (Wildman–Crippen LogP) is -0.364. The minimum Gasteiger partial charge on any atom is -0.323 e. The Morgan fingerprint density at radius 1 is 1.89 bits per heavy atom. The van der Waals surface area contributed by atoms with Crippen LogP contribution in [0.1, 0.15) is 13.3 Å². The molecule has 1 rings (SSSR count). The molecule has 0 aromatic heterocycles. The zero-order chi connectivity index (χ0) is 6.85. The van der Waals surface area contributed by atoms with E-state index >= 15 is 0 Å². The summed E-state index contributed by atoms with van der Waals surface area (Å²) in [6.07, 6.45) is 0.248. The second kappa shape index (κ2) is 2.14. The molecule has 0 aliphatic carbocycles. The number of carbonyl (C=O) groups excluding carboxylic acids is 1. The van der Waals surface area contributed by atoms with E-state index in [-0.39, 0.29) is 18.4 Å². The lowest BCUT2D eigenvalue weighted by Gasteiger charge is -1.96. The third-order valence-corrected chi connectivity index (χ3v) is 1.12. The highest BCUT2D eigenvalue weighted by Crippen LogP contribution is 2.03. The molecule has 9 heavy (non-hydrogen) atoms. The minimum atomic E-state index is -0.317. The SMILES string of the molecule is C[C@H](N)C1=NOC(=O)C1. The van der Waals surface area contributed by atoms with Crippen LogP contribution in [0.15, 0.2) is 5.16 Å². The predicted molar refractivity (Wildman–Crippen MR) is 31.8 cm³/mol. The second-order valence-electron chi connectivity index (χ2n) is 2.01. The van der Waals surface area contributed by atoms with Crippen LogP contribution in [0, 0.1) is 0 Å². The van der Waals surface area contributed by atoms with Crippen LogP contribution in [0.4, 0.5) is 0 Å². The number of hydrogen-bond acceptors (Lipinski definition) is 4. The molecule has 0 aromatic rings. The fourth-order valence-corrected chi connectivity index (χ4v) is 0.566. The molecule has 1 atom stereocenters. The summed E-state index contributed by atoms with van der Waals surface area (Å²) in [5.41, 5.74) is 6.02. The van der Waals surface area contributed by atoms with Crippen LogP contribution in [0.5, 0.6) is 0 Å². The van der Waals surface area contributed by atoms with Crippen molar-refractivity contribution in [3.05, 3.63) is 0 Å². The zero-order valence-electron chi connectivity index (χ0n) is 5.13. The van der Waals surface area contributed by atoms with E-state index in [0.29, 0.717) is 5.71 Å². The van der Waals surface area contributed by atoms with Crippen LogP contribution in [-0.4, -0.2) is 17.7 Å². The Morgan fingerprint density at radius 2 is 2.56 bits per heavy atom. The van der Waals surface area contributed by atoms with Crippen molar-refractivity contribution < 1.29 is 9.63 Å². The summed E-state index contributed by atoms with van der Waals surface area (Å²) in [6.45, 7) is 1.76. The molecule has 0 unspecified atom stereocenters. The van der Waals surface area contributed by atoms with Crippen molar-refractivity contribution in [3.8, 4) is 0 Å². The van der Waals surface area contributed by atoms with Gasteiger partial charge in [0.25, 0.3) is 0 Å². The first-order valence-corrected chi connectivity index (χ1v) is 2.72. The first-order chi connectivity index (χ1) is 4.20. The Morgan fingerprint density at radius 3 is 2.78 bits per heavy atom. The van der Waals surface area contributed by atoms with Crippen molar-refractivity contribution in [2.45, 2.75) is 19.4 Å². The summed E-state index contributed by atoms with van der Waals surface area (Å²) >= 11 is 0. The van der Waals surface area contributed by atoms with Crippen molar-refractivity contribution in [1.82, 2.24) is 0 Å². The van der Waals surface area contributed by atoms with Crippen LogP contribution < -0.4 is 5.73 Å². The average Bonchev–Trinajstić information content (AvgIpc) is 2.14. The summed E-state index contributed by atoms with van der Waals surface area (Å²) in [5, 5.41) is 3.46. The average molecular weight is 128 g/mol. The minimum absolute atomic E-state index is 0.170. The van der Waals surface area contributed by atoms with Crippen molar-refractivity contribution in [2.75, 3.05) is 0 Å². The van der Waals surface area contributed by atoms with E-state index in [0.717, 1.165) is 0 Å². The van der Waals surface area contributed by atoms with E-state index in [4.69, 9.17) is 5.73 Å². The number of nitrogens with zero attached hydrogens (tertiary/aromatic N) is 1. The quantitative estimate of drug-likeness (QED) is 0.490. The number of hydrogen-bond donors (Lipinski definition) is 1. The summed E-state index contributed by atoms with van der Waals surface area (Å²) in [5.74, 6) is -0.317. The molecule has 1 aliphatic heterocycles. The van der Waals surface area contributed by atoms with Crippen molar-refractivity contribution in [1.29, 1.82) is 0 Å². The molecule has 0 spiro atoms. The molecule has 1 aliphatic rings. The van der Waals surface area contributed by atoms with Gasteiger partial charge in [-0.25, -0.2) is 4.79 Å². The van der Waals surface area contributed by atoms with Gasteiger partial charge in [-0.3, -0.25) is 0 Å². The molecule has 2 N–H and O–H groups in total. The Bertz CT molecular complexity index is 162. The molecule has 0 aromatic carbocycles. The number of rotatable bonds is 1. The zero-order valence-corrected chi connectivity index (χ0v) is 5.13. The van der Waals surface area contributed by atoms with Gasteiger partial charge in [0.05, 0.1) is 12.1 Å². The van der Waals surface area contributed by atoms with Crippen LogP contribution >= 0.6 is 0 Å². The molecule has 50 valence electrons. The Labute approximate surface area is 52.7 Å². The van der Waals surface area contributed by atoms with Gasteiger partial charge < -0.3 is 10.6 Å². The third kappa shape index (κ3) is 1.26. The van der Waals surface area contributed by atoms with Gasteiger partial charge in [-0.15, -0.1) is 0 Å². The normalized spacial score (nSPS) is 21.1. The summed E-state index contributed by atoms with van der Waals surface area (Å²) in [6, 6.07) is -0.170. The van der Waals surface area contributed by atoms with E-state index in [1.165, 1.54) is 0 Å². The summed E-state index contributed by atoms with van der Waals surface area (Å²) in [4.78, 5) is 14.7. The van der Waals surface area contributed by atoms with Gasteiger partial charge in [-0.05, 0) is 6.92 Å². The largest absolute Gasteiger partial charge is 0.340 e. The topological polar surface area (TPSA) is 64.7 Å². The molecule has 1 heterocycles. The molecule has 0 amide bonds. The lowest BCUT2D eigenvalue weighted by Crippen LogP contribution is -2.25. The molecule has 0 saturated heterocycles. The Kier molecular flexibility index (Phi) is 1.48.